The van der Waals surface area contributed by atoms with E-state index in [0.29, 0.717) is 0 Å². The summed E-state index contributed by atoms with van der Waals surface area (Å²) in [6.07, 6.45) is 0. The first-order chi connectivity index (χ1) is 6.68. The van der Waals surface area contributed by atoms with Crippen LogP contribution in [0.5, 0.6) is 0 Å². The number of benzene rings is 1. The zero-order valence-electron chi connectivity index (χ0n) is 6.87. The van der Waals surface area contributed by atoms with E-state index in [1.807, 2.05) is 0 Å². The summed E-state index contributed by atoms with van der Waals surface area (Å²) in [6.45, 7) is 0. The van der Waals surface area contributed by atoms with Crippen LogP contribution in [0, 0.1) is 11.6 Å². The zero-order valence-corrected chi connectivity index (χ0v) is 6.87. The topological polar surface area (TPSA) is 64.9 Å². The smallest absolute Gasteiger partial charge is 0.313 e. The molecule has 0 amide bonds. The molecular weight excluding hydrogens is 192 g/mol. The minimum Gasteiger partial charge on any atom is -0.403 e. The second-order valence-electron chi connectivity index (χ2n) is 2.55. The van der Waals surface area contributed by atoms with Gasteiger partial charge in [-0.2, -0.15) is 0 Å². The molecule has 6 heteroatoms. The molecule has 0 saturated heterocycles. The maximum absolute atomic E-state index is 13.2. The van der Waals surface area contributed by atoms with Crippen molar-refractivity contribution < 1.29 is 13.2 Å². The number of nitrogen functional groups attached to an aromatic ring is 1. The predicted molar refractivity (Wildman–Crippen MR) is 44.1 cm³/mol. The van der Waals surface area contributed by atoms with Crippen LogP contribution in [0.3, 0.4) is 0 Å². The highest BCUT2D eigenvalue weighted by molar-refractivity contribution is 5.54. The van der Waals surface area contributed by atoms with Crippen molar-refractivity contribution in [2.75, 3.05) is 5.73 Å². The van der Waals surface area contributed by atoms with Gasteiger partial charge < -0.3 is 10.2 Å². The zero-order chi connectivity index (χ0) is 10.1. The molecule has 0 unspecified atom stereocenters. The molecule has 0 spiro atoms. The lowest BCUT2D eigenvalue weighted by Crippen LogP contribution is -1.88. The van der Waals surface area contributed by atoms with Gasteiger partial charge in [0.05, 0.1) is 5.56 Å². The van der Waals surface area contributed by atoms with E-state index in [1.54, 1.807) is 0 Å². The molecule has 0 aliphatic rings. The summed E-state index contributed by atoms with van der Waals surface area (Å²) in [5, 5.41) is 6.78. The van der Waals surface area contributed by atoms with E-state index in [9.17, 15) is 8.78 Å². The second-order valence-corrected chi connectivity index (χ2v) is 2.55. The normalized spacial score (nSPS) is 10.4. The number of anilines is 1. The van der Waals surface area contributed by atoms with Gasteiger partial charge in [0.25, 0.3) is 5.89 Å². The Labute approximate surface area is 77.4 Å². The molecule has 0 bridgehead atoms. The van der Waals surface area contributed by atoms with Gasteiger partial charge >= 0.3 is 6.01 Å². The van der Waals surface area contributed by atoms with E-state index in [0.717, 1.165) is 6.07 Å². The third kappa shape index (κ3) is 1.30. The van der Waals surface area contributed by atoms with Crippen LogP contribution in [-0.2, 0) is 0 Å². The van der Waals surface area contributed by atoms with Crippen LogP contribution >= 0.6 is 0 Å². The first-order valence-corrected chi connectivity index (χ1v) is 3.72. The van der Waals surface area contributed by atoms with Gasteiger partial charge in [0.1, 0.15) is 0 Å². The number of hydrogen-bond acceptors (Lipinski definition) is 4. The molecule has 0 radical (unpaired) electrons. The lowest BCUT2D eigenvalue weighted by atomic mass is 10.2. The Bertz CT molecular complexity index is 469. The molecule has 1 heterocycles. The number of halogens is 2. The van der Waals surface area contributed by atoms with Crippen molar-refractivity contribution in [3.63, 3.8) is 0 Å². The van der Waals surface area contributed by atoms with Crippen LogP contribution in [0.4, 0.5) is 14.8 Å². The summed E-state index contributed by atoms with van der Waals surface area (Å²) in [5.74, 6) is -2.14. The molecule has 2 rings (SSSR count). The van der Waals surface area contributed by atoms with Crippen LogP contribution in [-0.4, -0.2) is 10.2 Å². The molecule has 0 saturated carbocycles. The quantitative estimate of drug-likeness (QED) is 0.753. The van der Waals surface area contributed by atoms with Gasteiger partial charge in [0.15, 0.2) is 11.6 Å². The third-order valence-corrected chi connectivity index (χ3v) is 1.62. The number of aromatic nitrogens is 2. The van der Waals surface area contributed by atoms with Crippen molar-refractivity contribution in [1.29, 1.82) is 0 Å². The summed E-state index contributed by atoms with van der Waals surface area (Å²) in [4.78, 5) is 0. The summed E-state index contributed by atoms with van der Waals surface area (Å²) < 4.78 is 30.7. The Morgan fingerprint density at radius 1 is 1.21 bits per heavy atom. The van der Waals surface area contributed by atoms with E-state index >= 15 is 0 Å². The molecule has 0 atom stereocenters. The van der Waals surface area contributed by atoms with Crippen molar-refractivity contribution in [2.24, 2.45) is 0 Å². The van der Waals surface area contributed by atoms with Gasteiger partial charge in [-0.3, -0.25) is 0 Å². The molecule has 1 aromatic heterocycles. The highest BCUT2D eigenvalue weighted by atomic mass is 19.2. The first-order valence-electron chi connectivity index (χ1n) is 3.72. The number of nitrogens with two attached hydrogens (primary N) is 1. The Kier molecular flexibility index (Phi) is 1.88. The lowest BCUT2D eigenvalue weighted by Gasteiger charge is -1.97. The maximum atomic E-state index is 13.2. The number of nitrogens with zero attached hydrogens (tertiary/aromatic N) is 2. The van der Waals surface area contributed by atoms with Gasteiger partial charge in [-0.1, -0.05) is 11.2 Å². The van der Waals surface area contributed by atoms with Crippen LogP contribution in [0.25, 0.3) is 11.5 Å². The van der Waals surface area contributed by atoms with E-state index < -0.39 is 11.6 Å². The van der Waals surface area contributed by atoms with Crippen LogP contribution in [0.2, 0.25) is 0 Å². The summed E-state index contributed by atoms with van der Waals surface area (Å²) in [6, 6.07) is 3.47. The molecule has 4 nitrogen and oxygen atoms in total. The summed E-state index contributed by atoms with van der Waals surface area (Å²) in [7, 11) is 0. The van der Waals surface area contributed by atoms with Crippen molar-refractivity contribution in [3.05, 3.63) is 29.8 Å². The van der Waals surface area contributed by atoms with Crippen LogP contribution in [0.15, 0.2) is 22.6 Å². The van der Waals surface area contributed by atoms with E-state index in [2.05, 4.69) is 10.2 Å². The molecule has 0 aliphatic heterocycles. The van der Waals surface area contributed by atoms with E-state index in [1.165, 1.54) is 12.1 Å². The molecule has 1 aromatic carbocycles. The molecule has 72 valence electrons. The predicted octanol–water partition coefficient (Wildman–Crippen LogP) is 1.60. The van der Waals surface area contributed by atoms with E-state index in [-0.39, 0.29) is 17.5 Å². The third-order valence-electron chi connectivity index (χ3n) is 1.62. The maximum Gasteiger partial charge on any atom is 0.313 e. The van der Waals surface area contributed by atoms with Crippen LogP contribution < -0.4 is 5.73 Å². The minimum atomic E-state index is -1.03. The largest absolute Gasteiger partial charge is 0.403 e. The van der Waals surface area contributed by atoms with Gasteiger partial charge in [-0.25, -0.2) is 8.78 Å². The SMILES string of the molecule is Nc1nnc(-c2cccc(F)c2F)o1. The van der Waals surface area contributed by atoms with Gasteiger partial charge in [0.2, 0.25) is 0 Å². The van der Waals surface area contributed by atoms with Gasteiger partial charge in [-0.05, 0) is 12.1 Å². The Balaban J connectivity index is 2.57. The van der Waals surface area contributed by atoms with Gasteiger partial charge in [0, 0.05) is 0 Å². The highest BCUT2D eigenvalue weighted by Gasteiger charge is 2.14. The number of hydrogen-bond donors (Lipinski definition) is 1. The standard InChI is InChI=1S/C8H5F2N3O/c9-5-3-1-2-4(6(5)10)7-12-13-8(11)14-7/h1-3H,(H2,11,13). The fraction of sp³-hybridized carbons (Fsp3) is 0. The lowest BCUT2D eigenvalue weighted by molar-refractivity contribution is 0.504. The Hall–Kier alpha value is -1.98. The fourth-order valence-electron chi connectivity index (χ4n) is 1.01. The van der Waals surface area contributed by atoms with Crippen molar-refractivity contribution in [2.45, 2.75) is 0 Å². The van der Waals surface area contributed by atoms with Crippen LogP contribution in [0.1, 0.15) is 0 Å². The van der Waals surface area contributed by atoms with E-state index in [4.69, 9.17) is 10.2 Å². The van der Waals surface area contributed by atoms with Crippen molar-refractivity contribution >= 4 is 6.01 Å². The second kappa shape index (κ2) is 3.06. The monoisotopic (exact) mass is 197 g/mol. The van der Waals surface area contributed by atoms with Gasteiger partial charge in [-0.15, -0.1) is 5.10 Å². The summed E-state index contributed by atoms with van der Waals surface area (Å²) in [5.41, 5.74) is 5.04. The Morgan fingerprint density at radius 3 is 2.64 bits per heavy atom. The fourth-order valence-corrected chi connectivity index (χ4v) is 1.01. The number of rotatable bonds is 1. The molecule has 0 aliphatic carbocycles. The summed E-state index contributed by atoms with van der Waals surface area (Å²) >= 11 is 0. The molecule has 2 N–H and O–H groups in total. The molecule has 2 aromatic rings. The Morgan fingerprint density at radius 2 is 2.00 bits per heavy atom. The average Bonchev–Trinajstić information content (AvgIpc) is 2.57. The highest BCUT2D eigenvalue weighted by Crippen LogP contribution is 2.23. The first kappa shape index (κ1) is 8.61. The van der Waals surface area contributed by atoms with Crippen molar-refractivity contribution in [1.82, 2.24) is 10.2 Å². The molecular formula is C8H5F2N3O. The minimum absolute atomic E-state index is 0.103. The van der Waals surface area contributed by atoms with Crippen molar-refractivity contribution in [3.8, 4) is 11.5 Å². The molecule has 0 fully saturated rings. The molecule has 14 heavy (non-hydrogen) atoms. The average molecular weight is 197 g/mol.